The summed E-state index contributed by atoms with van der Waals surface area (Å²) in [4.78, 5) is 40.0. The number of nitrogens with one attached hydrogen (secondary N) is 2. The highest BCUT2D eigenvalue weighted by Gasteiger charge is 2.25. The first-order valence-corrected chi connectivity index (χ1v) is 11.7. The van der Waals surface area contributed by atoms with E-state index in [-0.39, 0.29) is 12.5 Å². The predicted molar refractivity (Wildman–Crippen MR) is 129 cm³/mol. The number of carbonyl (C=O) groups is 3. The molecule has 2 aromatic carbocycles. The van der Waals surface area contributed by atoms with Gasteiger partial charge in [0.1, 0.15) is 5.82 Å². The van der Waals surface area contributed by atoms with E-state index in [1.165, 1.54) is 30.6 Å². The Kier molecular flexibility index (Phi) is 7.34. The molecular weight excluding hydrogens is 457 g/mol. The largest absolute Gasteiger partial charge is 0.375 e. The monoisotopic (exact) mass is 481 g/mol. The van der Waals surface area contributed by atoms with Crippen LogP contribution in [0.15, 0.2) is 60.0 Å². The van der Waals surface area contributed by atoms with Crippen molar-refractivity contribution in [2.45, 2.75) is 18.9 Å². The zero-order valence-corrected chi connectivity index (χ0v) is 19.4. The predicted octanol–water partition coefficient (Wildman–Crippen LogP) is 3.92. The molecule has 3 amide bonds. The fraction of sp³-hybridized carbons (Fsp3) is 0.240. The van der Waals surface area contributed by atoms with Gasteiger partial charge in [0.25, 0.3) is 5.91 Å². The van der Waals surface area contributed by atoms with E-state index < -0.39 is 23.7 Å². The molecule has 0 bridgehead atoms. The number of hydrogen-bond acceptors (Lipinski definition) is 5. The summed E-state index contributed by atoms with van der Waals surface area (Å²) in [6, 6.07) is 14.8. The van der Waals surface area contributed by atoms with Gasteiger partial charge >= 0.3 is 11.8 Å². The molecular formula is C25H24FN3O4S. The molecule has 7 nitrogen and oxygen atoms in total. The highest BCUT2D eigenvalue weighted by molar-refractivity contribution is 7.12. The van der Waals surface area contributed by atoms with E-state index in [1.807, 2.05) is 11.4 Å². The average molecular weight is 482 g/mol. The van der Waals surface area contributed by atoms with E-state index in [4.69, 9.17) is 4.74 Å². The minimum atomic E-state index is -0.828. The van der Waals surface area contributed by atoms with Gasteiger partial charge in [-0.05, 0) is 65.7 Å². The number of nitrogens with zero attached hydrogens (tertiary/aromatic N) is 1. The number of benzene rings is 2. The molecule has 1 unspecified atom stereocenters. The molecule has 1 aliphatic heterocycles. The van der Waals surface area contributed by atoms with Gasteiger partial charge in [-0.1, -0.05) is 18.2 Å². The van der Waals surface area contributed by atoms with Crippen molar-refractivity contribution in [3.05, 3.63) is 81.8 Å². The third-order valence-corrected chi connectivity index (χ3v) is 6.45. The Morgan fingerprint density at radius 3 is 2.71 bits per heavy atom. The van der Waals surface area contributed by atoms with Crippen molar-refractivity contribution in [2.24, 2.45) is 0 Å². The molecule has 9 heteroatoms. The minimum Gasteiger partial charge on any atom is -0.375 e. The van der Waals surface area contributed by atoms with Crippen molar-refractivity contribution < 1.29 is 23.5 Å². The van der Waals surface area contributed by atoms with Crippen molar-refractivity contribution in [2.75, 3.05) is 30.4 Å². The molecule has 0 saturated heterocycles. The summed E-state index contributed by atoms with van der Waals surface area (Å²) in [7, 11) is 1.45. The molecule has 2 heterocycles. The Morgan fingerprint density at radius 1 is 1.12 bits per heavy atom. The fourth-order valence-electron chi connectivity index (χ4n) is 3.92. The van der Waals surface area contributed by atoms with Gasteiger partial charge in [0.2, 0.25) is 0 Å². The first-order valence-electron chi connectivity index (χ1n) is 10.8. The van der Waals surface area contributed by atoms with Gasteiger partial charge in [0, 0.05) is 31.6 Å². The topological polar surface area (TPSA) is 87.7 Å². The lowest BCUT2D eigenvalue weighted by molar-refractivity contribution is -0.136. The normalized spacial score (nSPS) is 13.6. The third kappa shape index (κ3) is 5.32. The molecule has 0 saturated carbocycles. The van der Waals surface area contributed by atoms with E-state index in [1.54, 1.807) is 41.3 Å². The lowest BCUT2D eigenvalue weighted by Gasteiger charge is -2.29. The second kappa shape index (κ2) is 10.6. The number of ether oxygens (including phenoxy) is 1. The van der Waals surface area contributed by atoms with Crippen molar-refractivity contribution in [1.82, 2.24) is 5.32 Å². The third-order valence-electron chi connectivity index (χ3n) is 5.59. The van der Waals surface area contributed by atoms with Gasteiger partial charge in [-0.25, -0.2) is 4.39 Å². The van der Waals surface area contributed by atoms with Crippen LogP contribution in [0.25, 0.3) is 0 Å². The molecule has 0 aliphatic carbocycles. The van der Waals surface area contributed by atoms with Gasteiger partial charge in [-0.2, -0.15) is 0 Å². The molecule has 3 aromatic rings. The minimum absolute atomic E-state index is 0.0101. The van der Waals surface area contributed by atoms with Crippen LogP contribution in [0, 0.1) is 5.82 Å². The number of anilines is 2. The summed E-state index contributed by atoms with van der Waals surface area (Å²) in [5, 5.41) is 6.99. The van der Waals surface area contributed by atoms with Crippen molar-refractivity contribution in [3.8, 4) is 0 Å². The second-order valence-corrected chi connectivity index (χ2v) is 8.77. The zero-order chi connectivity index (χ0) is 24.1. The van der Waals surface area contributed by atoms with Gasteiger partial charge in [-0.15, -0.1) is 11.3 Å². The summed E-state index contributed by atoms with van der Waals surface area (Å²) in [5.74, 6) is -2.10. The number of aryl methyl sites for hydroxylation is 1. The summed E-state index contributed by atoms with van der Waals surface area (Å²) in [5.41, 5.74) is 2.77. The Hall–Kier alpha value is -3.56. The summed E-state index contributed by atoms with van der Waals surface area (Å²) in [6.07, 6.45) is 0.978. The van der Waals surface area contributed by atoms with Crippen LogP contribution >= 0.6 is 11.3 Å². The molecule has 34 heavy (non-hydrogen) atoms. The SMILES string of the molecule is COC(CNC(=O)C(=O)Nc1ccc2c(c1)CCCN2C(=O)c1cccs1)c1cccc(F)c1. The first-order chi connectivity index (χ1) is 16.5. The lowest BCUT2D eigenvalue weighted by Crippen LogP contribution is -2.38. The fourth-order valence-corrected chi connectivity index (χ4v) is 4.59. The number of fused-ring (bicyclic) bond motifs is 1. The number of halogens is 1. The number of hydrogen-bond donors (Lipinski definition) is 2. The van der Waals surface area contributed by atoms with Gasteiger partial charge in [-0.3, -0.25) is 14.4 Å². The quantitative estimate of drug-likeness (QED) is 0.523. The lowest BCUT2D eigenvalue weighted by atomic mass is 10.0. The van der Waals surface area contributed by atoms with Crippen LogP contribution < -0.4 is 15.5 Å². The van der Waals surface area contributed by atoms with E-state index in [0.29, 0.717) is 22.7 Å². The van der Waals surface area contributed by atoms with Crippen LogP contribution in [0.4, 0.5) is 15.8 Å². The van der Waals surface area contributed by atoms with Crippen LogP contribution in [0.5, 0.6) is 0 Å². The van der Waals surface area contributed by atoms with E-state index in [2.05, 4.69) is 10.6 Å². The number of amides is 3. The zero-order valence-electron chi connectivity index (χ0n) is 18.5. The Bertz CT molecular complexity index is 1200. The van der Waals surface area contributed by atoms with Gasteiger partial charge in [0.05, 0.1) is 11.0 Å². The molecule has 4 rings (SSSR count). The number of rotatable bonds is 6. The molecule has 0 fully saturated rings. The van der Waals surface area contributed by atoms with Crippen LogP contribution in [-0.2, 0) is 20.7 Å². The maximum absolute atomic E-state index is 13.5. The Labute approximate surface area is 200 Å². The number of carbonyl (C=O) groups excluding carboxylic acids is 3. The van der Waals surface area contributed by atoms with Crippen LogP contribution in [0.1, 0.15) is 33.3 Å². The highest BCUT2D eigenvalue weighted by atomic mass is 32.1. The summed E-state index contributed by atoms with van der Waals surface area (Å²) in [6.45, 7) is 0.639. The van der Waals surface area contributed by atoms with Crippen LogP contribution in [-0.4, -0.2) is 37.9 Å². The maximum Gasteiger partial charge on any atom is 0.313 e. The molecule has 2 N–H and O–H groups in total. The van der Waals surface area contributed by atoms with Gasteiger partial charge < -0.3 is 20.3 Å². The van der Waals surface area contributed by atoms with E-state index in [9.17, 15) is 18.8 Å². The van der Waals surface area contributed by atoms with Crippen molar-refractivity contribution in [3.63, 3.8) is 0 Å². The number of methoxy groups -OCH3 is 1. The molecule has 176 valence electrons. The molecule has 1 aliphatic rings. The van der Waals surface area contributed by atoms with E-state index in [0.717, 1.165) is 24.1 Å². The first kappa shape index (κ1) is 23.6. The standard InChI is InChI=1S/C25H24FN3O4S/c1-33-21(17-5-2-7-18(26)13-17)15-27-23(30)24(31)28-19-9-10-20-16(14-19)6-3-11-29(20)25(32)22-8-4-12-34-22/h2,4-5,7-10,12-14,21H,3,6,11,15H2,1H3,(H,27,30)(H,28,31). The van der Waals surface area contributed by atoms with Crippen LogP contribution in [0.2, 0.25) is 0 Å². The molecule has 0 radical (unpaired) electrons. The number of thiophene rings is 1. The molecule has 1 aromatic heterocycles. The summed E-state index contributed by atoms with van der Waals surface area (Å²) >= 11 is 1.40. The second-order valence-electron chi connectivity index (χ2n) is 7.82. The van der Waals surface area contributed by atoms with Crippen LogP contribution in [0.3, 0.4) is 0 Å². The molecule has 0 spiro atoms. The Balaban J connectivity index is 1.38. The summed E-state index contributed by atoms with van der Waals surface area (Å²) < 4.78 is 18.8. The average Bonchev–Trinajstić information content (AvgIpc) is 3.38. The van der Waals surface area contributed by atoms with E-state index >= 15 is 0 Å². The van der Waals surface area contributed by atoms with Crippen molar-refractivity contribution >= 4 is 40.4 Å². The maximum atomic E-state index is 13.5. The molecule has 1 atom stereocenters. The van der Waals surface area contributed by atoms with Gasteiger partial charge in [0.15, 0.2) is 0 Å². The van der Waals surface area contributed by atoms with Crippen molar-refractivity contribution in [1.29, 1.82) is 0 Å². The Morgan fingerprint density at radius 2 is 1.97 bits per heavy atom. The highest BCUT2D eigenvalue weighted by Crippen LogP contribution is 2.31. The smallest absolute Gasteiger partial charge is 0.313 e.